The zero-order chi connectivity index (χ0) is 12.4. The van der Waals surface area contributed by atoms with E-state index in [-0.39, 0.29) is 19.3 Å². The smallest absolute Gasteiger partial charge is 0.179 e. The van der Waals surface area contributed by atoms with Gasteiger partial charge in [0.1, 0.15) is 0 Å². The maximum Gasteiger partial charge on any atom is 0.179 e. The Morgan fingerprint density at radius 2 is 2.38 bits per heavy atom. The van der Waals surface area contributed by atoms with Gasteiger partial charge in [0, 0.05) is 0 Å². The van der Waals surface area contributed by atoms with E-state index in [2.05, 4.69) is 22.0 Å². The molecule has 0 amide bonds. The van der Waals surface area contributed by atoms with Crippen LogP contribution < -0.4 is 11.1 Å². The Balaban J connectivity index is 4.79. The molecule has 6 nitrogen and oxygen atoms in total. The SMILES string of the molecule is C=N/C=C(OC)\C(=N/CN)NC(CC)CO. The normalized spacial score (nSPS) is 14.5. The molecule has 0 saturated carbocycles. The summed E-state index contributed by atoms with van der Waals surface area (Å²) >= 11 is 0. The maximum absolute atomic E-state index is 9.08. The van der Waals surface area contributed by atoms with Crippen molar-refractivity contribution in [1.29, 1.82) is 0 Å². The van der Waals surface area contributed by atoms with Gasteiger partial charge in [0.25, 0.3) is 0 Å². The molecule has 0 aromatic carbocycles. The van der Waals surface area contributed by atoms with Crippen LogP contribution >= 0.6 is 0 Å². The van der Waals surface area contributed by atoms with Crippen molar-refractivity contribution in [2.45, 2.75) is 19.4 Å². The highest BCUT2D eigenvalue weighted by atomic mass is 16.5. The zero-order valence-electron chi connectivity index (χ0n) is 9.81. The van der Waals surface area contributed by atoms with Gasteiger partial charge < -0.3 is 20.9 Å². The van der Waals surface area contributed by atoms with Gasteiger partial charge in [-0.1, -0.05) is 6.92 Å². The van der Waals surface area contributed by atoms with E-state index in [0.29, 0.717) is 11.6 Å². The number of ether oxygens (including phenoxy) is 1. The lowest BCUT2D eigenvalue weighted by atomic mass is 10.2. The summed E-state index contributed by atoms with van der Waals surface area (Å²) in [6.45, 7) is 5.43. The number of nitrogens with two attached hydrogens (primary N) is 1. The highest BCUT2D eigenvalue weighted by Crippen LogP contribution is 2.00. The maximum atomic E-state index is 9.08. The second-order valence-electron chi connectivity index (χ2n) is 3.00. The van der Waals surface area contributed by atoms with E-state index in [9.17, 15) is 0 Å². The van der Waals surface area contributed by atoms with E-state index in [1.54, 1.807) is 0 Å². The molecule has 0 spiro atoms. The molecule has 0 saturated heterocycles. The first-order valence-electron chi connectivity index (χ1n) is 5.05. The molecule has 0 aromatic rings. The summed E-state index contributed by atoms with van der Waals surface area (Å²) < 4.78 is 5.09. The average molecular weight is 228 g/mol. The first-order chi connectivity index (χ1) is 7.73. The molecule has 0 aromatic heterocycles. The first-order valence-corrected chi connectivity index (χ1v) is 5.05. The van der Waals surface area contributed by atoms with Crippen LogP contribution in [0.2, 0.25) is 0 Å². The van der Waals surface area contributed by atoms with Crippen molar-refractivity contribution in [3.8, 4) is 0 Å². The van der Waals surface area contributed by atoms with E-state index in [1.165, 1.54) is 13.3 Å². The van der Waals surface area contributed by atoms with E-state index in [1.807, 2.05) is 6.92 Å². The second kappa shape index (κ2) is 8.87. The van der Waals surface area contributed by atoms with Gasteiger partial charge in [0.15, 0.2) is 11.6 Å². The molecule has 0 radical (unpaired) electrons. The number of hydrogen-bond donors (Lipinski definition) is 3. The fourth-order valence-electron chi connectivity index (χ4n) is 1.05. The van der Waals surface area contributed by atoms with Crippen molar-refractivity contribution >= 4 is 12.6 Å². The number of nitrogens with one attached hydrogen (secondary N) is 1. The number of nitrogens with zero attached hydrogens (tertiary/aromatic N) is 2. The van der Waals surface area contributed by atoms with Gasteiger partial charge in [0.2, 0.25) is 0 Å². The summed E-state index contributed by atoms with van der Waals surface area (Å²) in [6.07, 6.45) is 2.20. The fraction of sp³-hybridized carbons (Fsp3) is 0.600. The Kier molecular flexibility index (Phi) is 8.10. The van der Waals surface area contributed by atoms with Crippen molar-refractivity contribution in [2.75, 3.05) is 20.4 Å². The standard InChI is InChI=1S/C10H20N4O2/c1-4-8(6-15)14-10(13-7-11)9(16-3)5-12-2/h5,8,15H,2,4,6-7,11H2,1,3H3,(H,13,14)/b9-5+. The Bertz CT molecular complexity index is 260. The first kappa shape index (κ1) is 14.6. The number of aliphatic hydroxyl groups is 1. The summed E-state index contributed by atoms with van der Waals surface area (Å²) in [5.41, 5.74) is 5.36. The Morgan fingerprint density at radius 1 is 1.69 bits per heavy atom. The number of methoxy groups -OCH3 is 1. The van der Waals surface area contributed by atoms with Crippen molar-refractivity contribution < 1.29 is 9.84 Å². The molecule has 0 rings (SSSR count). The topological polar surface area (TPSA) is 92.2 Å². The molecular formula is C10H20N4O2. The van der Waals surface area contributed by atoms with Crippen molar-refractivity contribution in [1.82, 2.24) is 5.32 Å². The molecule has 0 bridgehead atoms. The molecule has 0 heterocycles. The van der Waals surface area contributed by atoms with Crippen LogP contribution in [0.5, 0.6) is 0 Å². The summed E-state index contributed by atoms with van der Waals surface area (Å²) in [5, 5.41) is 12.1. The molecule has 1 unspecified atom stereocenters. The molecule has 0 aliphatic rings. The molecule has 16 heavy (non-hydrogen) atoms. The second-order valence-corrected chi connectivity index (χ2v) is 3.00. The van der Waals surface area contributed by atoms with Gasteiger partial charge in [-0.25, -0.2) is 4.99 Å². The van der Waals surface area contributed by atoms with Crippen LogP contribution in [0.4, 0.5) is 0 Å². The van der Waals surface area contributed by atoms with Crippen molar-refractivity contribution in [3.63, 3.8) is 0 Å². The number of aliphatic hydroxyl groups excluding tert-OH is 1. The molecule has 6 heteroatoms. The third-order valence-corrected chi connectivity index (χ3v) is 1.97. The highest BCUT2D eigenvalue weighted by molar-refractivity contribution is 5.96. The van der Waals surface area contributed by atoms with E-state index < -0.39 is 0 Å². The third-order valence-electron chi connectivity index (χ3n) is 1.97. The van der Waals surface area contributed by atoms with Crippen molar-refractivity contribution in [3.05, 3.63) is 12.0 Å². The van der Waals surface area contributed by atoms with Gasteiger partial charge in [-0.3, -0.25) is 4.99 Å². The minimum Gasteiger partial charge on any atom is -0.491 e. The quantitative estimate of drug-likeness (QED) is 0.321. The Labute approximate surface area is 95.9 Å². The Hall–Kier alpha value is -1.40. The third kappa shape index (κ3) is 4.90. The van der Waals surface area contributed by atoms with Crippen LogP contribution in [0.15, 0.2) is 21.9 Å². The van der Waals surface area contributed by atoms with E-state index in [4.69, 9.17) is 15.6 Å². The molecule has 92 valence electrons. The number of aliphatic imine (C=N–C) groups is 2. The number of rotatable bonds is 7. The molecular weight excluding hydrogens is 208 g/mol. The monoisotopic (exact) mass is 228 g/mol. The predicted octanol–water partition coefficient (Wildman–Crippen LogP) is -0.150. The lowest BCUT2D eigenvalue weighted by Crippen LogP contribution is -2.38. The summed E-state index contributed by atoms with van der Waals surface area (Å²) in [5.74, 6) is 0.908. The highest BCUT2D eigenvalue weighted by Gasteiger charge is 2.12. The lowest BCUT2D eigenvalue weighted by Gasteiger charge is -2.18. The van der Waals surface area contributed by atoms with Crippen LogP contribution in [-0.2, 0) is 4.74 Å². The lowest BCUT2D eigenvalue weighted by molar-refractivity contribution is 0.250. The van der Waals surface area contributed by atoms with Gasteiger partial charge in [0.05, 0.1) is 32.6 Å². The van der Waals surface area contributed by atoms with Crippen LogP contribution in [0.25, 0.3) is 0 Å². The zero-order valence-corrected chi connectivity index (χ0v) is 9.81. The van der Waals surface area contributed by atoms with Crippen LogP contribution in [-0.4, -0.2) is 44.1 Å². The minimum atomic E-state index is -0.0892. The number of amidine groups is 1. The average Bonchev–Trinajstić information content (AvgIpc) is 2.31. The van der Waals surface area contributed by atoms with Gasteiger partial charge in [-0.15, -0.1) is 0 Å². The van der Waals surface area contributed by atoms with Crippen LogP contribution in [0, 0.1) is 0 Å². The number of hydrogen-bond acceptors (Lipinski definition) is 5. The van der Waals surface area contributed by atoms with E-state index >= 15 is 0 Å². The van der Waals surface area contributed by atoms with Gasteiger partial charge in [-0.2, -0.15) is 0 Å². The summed E-state index contributed by atoms with van der Waals surface area (Å²) in [6, 6.07) is -0.0892. The Morgan fingerprint density at radius 3 is 2.75 bits per heavy atom. The van der Waals surface area contributed by atoms with Gasteiger partial charge in [-0.05, 0) is 13.1 Å². The van der Waals surface area contributed by atoms with Crippen LogP contribution in [0.1, 0.15) is 13.3 Å². The van der Waals surface area contributed by atoms with Crippen molar-refractivity contribution in [2.24, 2.45) is 15.7 Å². The molecule has 0 fully saturated rings. The van der Waals surface area contributed by atoms with Gasteiger partial charge >= 0.3 is 0 Å². The fourth-order valence-corrected chi connectivity index (χ4v) is 1.05. The largest absolute Gasteiger partial charge is 0.491 e. The predicted molar refractivity (Wildman–Crippen MR) is 65.4 cm³/mol. The molecule has 1 atom stereocenters. The molecule has 0 aliphatic heterocycles. The van der Waals surface area contributed by atoms with E-state index in [0.717, 1.165) is 6.42 Å². The summed E-state index contributed by atoms with van der Waals surface area (Å²) in [7, 11) is 1.50. The minimum absolute atomic E-state index is 0.0125. The van der Waals surface area contributed by atoms with Crippen LogP contribution in [0.3, 0.4) is 0 Å². The molecule has 0 aliphatic carbocycles. The molecule has 4 N–H and O–H groups in total. The summed E-state index contributed by atoms with van der Waals surface area (Å²) in [4.78, 5) is 7.65.